The molecule has 6 nitrogen and oxygen atoms in total. The number of benzene rings is 1. The molecule has 0 saturated heterocycles. The van der Waals surface area contributed by atoms with E-state index in [1.165, 1.54) is 11.0 Å². The number of carbonyl (C=O) groups is 1. The molecule has 0 aliphatic carbocycles. The predicted octanol–water partition coefficient (Wildman–Crippen LogP) is 1.44. The number of hydrogen-bond acceptors (Lipinski definition) is 5. The minimum atomic E-state index is -0.676. The van der Waals surface area contributed by atoms with Gasteiger partial charge in [0.1, 0.15) is 12.9 Å². The van der Waals surface area contributed by atoms with Gasteiger partial charge < -0.3 is 4.74 Å². The molecule has 19 heavy (non-hydrogen) atoms. The SMILES string of the molecule is CC(C)(Cn1cnnn1)C(=O)OCc1ccccc1. The van der Waals surface area contributed by atoms with E-state index in [1.807, 2.05) is 44.2 Å². The van der Waals surface area contributed by atoms with Crippen molar-refractivity contribution in [3.63, 3.8) is 0 Å². The van der Waals surface area contributed by atoms with Crippen LogP contribution in [0.2, 0.25) is 0 Å². The summed E-state index contributed by atoms with van der Waals surface area (Å²) in [4.78, 5) is 12.1. The third-order valence-corrected chi connectivity index (χ3v) is 2.71. The maximum absolute atomic E-state index is 12.1. The van der Waals surface area contributed by atoms with E-state index >= 15 is 0 Å². The number of nitrogens with zero attached hydrogens (tertiary/aromatic N) is 4. The van der Waals surface area contributed by atoms with E-state index in [4.69, 9.17) is 4.74 Å². The van der Waals surface area contributed by atoms with Crippen LogP contribution in [0.15, 0.2) is 36.7 Å². The Morgan fingerprint density at radius 3 is 2.68 bits per heavy atom. The number of aromatic nitrogens is 4. The Bertz CT molecular complexity index is 523. The third-order valence-electron chi connectivity index (χ3n) is 2.71. The van der Waals surface area contributed by atoms with E-state index in [9.17, 15) is 4.79 Å². The van der Waals surface area contributed by atoms with Gasteiger partial charge in [-0.15, -0.1) is 5.10 Å². The van der Waals surface area contributed by atoms with E-state index in [0.717, 1.165) is 5.56 Å². The molecule has 0 N–H and O–H groups in total. The first-order valence-corrected chi connectivity index (χ1v) is 6.00. The highest BCUT2D eigenvalue weighted by Crippen LogP contribution is 2.20. The van der Waals surface area contributed by atoms with Gasteiger partial charge in [0.25, 0.3) is 0 Å². The van der Waals surface area contributed by atoms with Crippen molar-refractivity contribution in [2.75, 3.05) is 0 Å². The average Bonchev–Trinajstić information content (AvgIpc) is 2.89. The molecule has 1 aromatic heterocycles. The fraction of sp³-hybridized carbons (Fsp3) is 0.385. The standard InChI is InChI=1S/C13H16N4O2/c1-13(2,9-17-10-14-15-16-17)12(18)19-8-11-6-4-3-5-7-11/h3-7,10H,8-9H2,1-2H3. The van der Waals surface area contributed by atoms with Gasteiger partial charge in [0, 0.05) is 0 Å². The summed E-state index contributed by atoms with van der Waals surface area (Å²) in [6.07, 6.45) is 1.48. The van der Waals surface area contributed by atoms with Crippen molar-refractivity contribution in [2.24, 2.45) is 5.41 Å². The zero-order chi connectivity index (χ0) is 13.7. The highest BCUT2D eigenvalue weighted by Gasteiger charge is 2.30. The second-order valence-corrected chi connectivity index (χ2v) is 4.95. The van der Waals surface area contributed by atoms with Crippen LogP contribution < -0.4 is 0 Å². The number of tetrazole rings is 1. The normalized spacial score (nSPS) is 11.3. The Labute approximate surface area is 111 Å². The Morgan fingerprint density at radius 1 is 1.32 bits per heavy atom. The van der Waals surface area contributed by atoms with E-state index in [1.54, 1.807) is 0 Å². The molecule has 0 atom stereocenters. The monoisotopic (exact) mass is 260 g/mol. The van der Waals surface area contributed by atoms with Crippen molar-refractivity contribution in [3.8, 4) is 0 Å². The van der Waals surface area contributed by atoms with Crippen LogP contribution in [0.1, 0.15) is 19.4 Å². The molecule has 2 aromatic rings. The summed E-state index contributed by atoms with van der Waals surface area (Å²) >= 11 is 0. The van der Waals surface area contributed by atoms with Crippen LogP contribution in [-0.2, 0) is 22.7 Å². The number of esters is 1. The van der Waals surface area contributed by atoms with Crippen LogP contribution in [0.4, 0.5) is 0 Å². The molecule has 0 saturated carbocycles. The maximum atomic E-state index is 12.1. The van der Waals surface area contributed by atoms with E-state index in [2.05, 4.69) is 15.5 Å². The number of rotatable bonds is 5. The molecule has 100 valence electrons. The summed E-state index contributed by atoms with van der Waals surface area (Å²) in [6.45, 7) is 4.27. The van der Waals surface area contributed by atoms with Crippen LogP contribution in [0, 0.1) is 5.41 Å². The molecule has 6 heteroatoms. The fourth-order valence-corrected chi connectivity index (χ4v) is 1.64. The summed E-state index contributed by atoms with van der Waals surface area (Å²) in [5.41, 5.74) is 0.290. The van der Waals surface area contributed by atoms with Gasteiger partial charge in [-0.25, -0.2) is 4.68 Å². The van der Waals surface area contributed by atoms with E-state index in [-0.39, 0.29) is 12.6 Å². The fourth-order valence-electron chi connectivity index (χ4n) is 1.64. The number of ether oxygens (including phenoxy) is 1. The van der Waals surface area contributed by atoms with Gasteiger partial charge in [-0.1, -0.05) is 30.3 Å². The van der Waals surface area contributed by atoms with Gasteiger partial charge in [-0.05, 0) is 29.8 Å². The van der Waals surface area contributed by atoms with Crippen molar-refractivity contribution in [1.29, 1.82) is 0 Å². The van der Waals surface area contributed by atoms with Crippen molar-refractivity contribution in [3.05, 3.63) is 42.2 Å². The average molecular weight is 260 g/mol. The van der Waals surface area contributed by atoms with Gasteiger partial charge >= 0.3 is 5.97 Å². The molecule has 0 radical (unpaired) electrons. The molecule has 0 unspecified atom stereocenters. The topological polar surface area (TPSA) is 69.9 Å². The van der Waals surface area contributed by atoms with Crippen LogP contribution >= 0.6 is 0 Å². The van der Waals surface area contributed by atoms with Crippen molar-refractivity contribution in [2.45, 2.75) is 27.0 Å². The summed E-state index contributed by atoms with van der Waals surface area (Å²) in [5, 5.41) is 10.8. The van der Waals surface area contributed by atoms with E-state index in [0.29, 0.717) is 6.54 Å². The van der Waals surface area contributed by atoms with Gasteiger partial charge in [0.15, 0.2) is 0 Å². The Morgan fingerprint density at radius 2 is 2.05 bits per heavy atom. The van der Waals surface area contributed by atoms with Crippen molar-refractivity contribution < 1.29 is 9.53 Å². The highest BCUT2D eigenvalue weighted by atomic mass is 16.5. The molecule has 0 amide bonds. The summed E-state index contributed by atoms with van der Waals surface area (Å²) < 4.78 is 6.84. The Hall–Kier alpha value is -2.24. The molecule has 0 aliphatic heterocycles. The molecular weight excluding hydrogens is 244 g/mol. The lowest BCUT2D eigenvalue weighted by Crippen LogP contribution is -2.31. The lowest BCUT2D eigenvalue weighted by atomic mass is 9.94. The Kier molecular flexibility index (Phi) is 3.89. The first-order chi connectivity index (χ1) is 9.08. The molecule has 1 aromatic carbocycles. The molecular formula is C13H16N4O2. The summed E-state index contributed by atoms with van der Waals surface area (Å²) in [7, 11) is 0. The van der Waals surface area contributed by atoms with Crippen molar-refractivity contribution >= 4 is 5.97 Å². The third kappa shape index (κ3) is 3.61. The van der Waals surface area contributed by atoms with Gasteiger partial charge in [0.2, 0.25) is 0 Å². The zero-order valence-electron chi connectivity index (χ0n) is 11.0. The highest BCUT2D eigenvalue weighted by molar-refractivity contribution is 5.75. The minimum Gasteiger partial charge on any atom is -0.460 e. The zero-order valence-corrected chi connectivity index (χ0v) is 11.0. The lowest BCUT2D eigenvalue weighted by molar-refractivity contribution is -0.156. The second-order valence-electron chi connectivity index (χ2n) is 4.95. The molecule has 0 spiro atoms. The van der Waals surface area contributed by atoms with Crippen LogP contribution in [0.25, 0.3) is 0 Å². The maximum Gasteiger partial charge on any atom is 0.313 e. The number of carbonyl (C=O) groups excluding carboxylic acids is 1. The largest absolute Gasteiger partial charge is 0.460 e. The minimum absolute atomic E-state index is 0.271. The molecule has 0 bridgehead atoms. The van der Waals surface area contributed by atoms with Gasteiger partial charge in [0.05, 0.1) is 12.0 Å². The van der Waals surface area contributed by atoms with Crippen LogP contribution in [-0.4, -0.2) is 26.2 Å². The Balaban J connectivity index is 1.91. The van der Waals surface area contributed by atoms with Crippen molar-refractivity contribution in [1.82, 2.24) is 20.2 Å². The smallest absolute Gasteiger partial charge is 0.313 e. The first-order valence-electron chi connectivity index (χ1n) is 6.00. The first kappa shape index (κ1) is 13.2. The lowest BCUT2D eigenvalue weighted by Gasteiger charge is -2.21. The van der Waals surface area contributed by atoms with Gasteiger partial charge in [-0.3, -0.25) is 4.79 Å². The molecule has 1 heterocycles. The second kappa shape index (κ2) is 5.60. The predicted molar refractivity (Wildman–Crippen MR) is 67.8 cm³/mol. The molecule has 0 fully saturated rings. The van der Waals surface area contributed by atoms with Gasteiger partial charge in [-0.2, -0.15) is 0 Å². The quantitative estimate of drug-likeness (QED) is 0.761. The summed E-state index contributed by atoms with van der Waals surface area (Å²) in [5.74, 6) is -0.271. The molecule has 2 rings (SSSR count). The number of hydrogen-bond donors (Lipinski definition) is 0. The van der Waals surface area contributed by atoms with E-state index < -0.39 is 5.41 Å². The summed E-state index contributed by atoms with van der Waals surface area (Å²) in [6, 6.07) is 9.58. The van der Waals surface area contributed by atoms with Crippen LogP contribution in [0.3, 0.4) is 0 Å². The molecule has 0 aliphatic rings. The van der Waals surface area contributed by atoms with Crippen LogP contribution in [0.5, 0.6) is 0 Å².